The van der Waals surface area contributed by atoms with Crippen molar-refractivity contribution in [2.75, 3.05) is 8.61 Å². The van der Waals surface area contributed by atoms with Gasteiger partial charge in [-0.3, -0.25) is 0 Å². The van der Waals surface area contributed by atoms with Crippen LogP contribution in [0.2, 0.25) is 0 Å². The molecule has 0 unspecified atom stereocenters. The summed E-state index contributed by atoms with van der Waals surface area (Å²) >= 11 is 0. The molecule has 0 bridgehead atoms. The first-order valence-electron chi connectivity index (χ1n) is 12.3. The van der Waals surface area contributed by atoms with Crippen molar-refractivity contribution in [1.29, 1.82) is 0 Å². The van der Waals surface area contributed by atoms with E-state index in [9.17, 15) is 26.4 Å². The van der Waals surface area contributed by atoms with E-state index < -0.39 is 32.1 Å². The molecular formula is C29H28N4O6S2. The van der Waals surface area contributed by atoms with Crippen LogP contribution >= 0.6 is 0 Å². The molecule has 4 amide bonds. The lowest BCUT2D eigenvalue weighted by atomic mass is 10.0. The van der Waals surface area contributed by atoms with Crippen LogP contribution in [-0.2, 0) is 26.5 Å². The van der Waals surface area contributed by atoms with Crippen molar-refractivity contribution in [3.05, 3.63) is 119 Å². The molecular weight excluding hydrogens is 564 g/mol. The van der Waals surface area contributed by atoms with E-state index in [-0.39, 0.29) is 21.2 Å². The summed E-state index contributed by atoms with van der Waals surface area (Å²) in [4.78, 5) is 24.4. The van der Waals surface area contributed by atoms with Gasteiger partial charge in [-0.2, -0.15) is 8.61 Å². The Morgan fingerprint density at radius 2 is 0.878 bits per heavy atom. The number of carbonyl (C=O) groups excluding carboxylic acids is 2. The molecule has 0 fully saturated rings. The summed E-state index contributed by atoms with van der Waals surface area (Å²) in [6, 6.07) is 22.8. The van der Waals surface area contributed by atoms with Crippen LogP contribution in [0, 0.1) is 13.8 Å². The molecule has 0 aromatic heterocycles. The van der Waals surface area contributed by atoms with Crippen molar-refractivity contribution in [3.63, 3.8) is 0 Å². The first-order chi connectivity index (χ1) is 19.3. The average Bonchev–Trinajstić information content (AvgIpc) is 2.90. The summed E-state index contributed by atoms with van der Waals surface area (Å²) in [7, 11) is -8.49. The summed E-state index contributed by atoms with van der Waals surface area (Å²) in [6.45, 7) is 3.25. The van der Waals surface area contributed by atoms with Gasteiger partial charge in [-0.25, -0.2) is 26.4 Å². The minimum Gasteiger partial charge on any atom is -0.350 e. The normalized spacial score (nSPS) is 11.6. The van der Waals surface area contributed by atoms with E-state index in [4.69, 9.17) is 11.5 Å². The van der Waals surface area contributed by atoms with E-state index in [1.807, 2.05) is 0 Å². The Morgan fingerprint density at radius 3 is 1.17 bits per heavy atom. The van der Waals surface area contributed by atoms with E-state index in [2.05, 4.69) is 0 Å². The molecule has 0 heterocycles. The smallest absolute Gasteiger partial charge is 0.333 e. The Balaban J connectivity index is 1.57. The fraction of sp³-hybridized carbons (Fsp3) is 0.103. The number of primary amides is 2. The molecule has 0 aliphatic rings. The molecule has 12 heteroatoms. The second kappa shape index (κ2) is 11.4. The minimum absolute atomic E-state index is 0.0302. The highest BCUT2D eigenvalue weighted by molar-refractivity contribution is 7.94. The molecule has 0 spiro atoms. The molecule has 4 aromatic carbocycles. The van der Waals surface area contributed by atoms with Crippen LogP contribution in [-0.4, -0.2) is 28.9 Å². The van der Waals surface area contributed by atoms with Gasteiger partial charge in [0.2, 0.25) is 0 Å². The number of hydrogen-bond acceptors (Lipinski definition) is 6. The molecule has 0 saturated heterocycles. The van der Waals surface area contributed by atoms with Crippen LogP contribution in [0.5, 0.6) is 0 Å². The third-order valence-corrected chi connectivity index (χ3v) is 10.1. The van der Waals surface area contributed by atoms with E-state index >= 15 is 0 Å². The molecule has 4 rings (SSSR count). The third-order valence-electron chi connectivity index (χ3n) is 6.37. The number of amides is 4. The monoisotopic (exact) mass is 592 g/mol. The zero-order valence-electron chi connectivity index (χ0n) is 22.3. The molecule has 4 N–H and O–H groups in total. The van der Waals surface area contributed by atoms with Crippen molar-refractivity contribution in [2.45, 2.75) is 30.1 Å². The number of anilines is 2. The van der Waals surface area contributed by atoms with Crippen molar-refractivity contribution >= 4 is 43.5 Å². The zero-order chi connectivity index (χ0) is 29.9. The maximum absolute atomic E-state index is 13.2. The lowest BCUT2D eigenvalue weighted by molar-refractivity contribution is 0.256. The van der Waals surface area contributed by atoms with Crippen molar-refractivity contribution < 1.29 is 26.4 Å². The Morgan fingerprint density at radius 1 is 0.561 bits per heavy atom. The number of rotatable bonds is 8. The number of sulfonamides is 2. The minimum atomic E-state index is -4.24. The molecule has 0 aliphatic heterocycles. The second-order valence-corrected chi connectivity index (χ2v) is 12.8. The van der Waals surface area contributed by atoms with Crippen LogP contribution in [0.15, 0.2) is 107 Å². The van der Waals surface area contributed by atoms with Crippen LogP contribution in [0.3, 0.4) is 0 Å². The topological polar surface area (TPSA) is 161 Å². The standard InChI is InChI=1S/C29H28N4O6S2/c1-20-7-3-5-9-26(20)40(36,37)32(28(30)34)24-15-11-22(12-16-24)19-23-13-17-25(18-14-23)33(29(31)35)41(38,39)27-10-6-4-8-21(27)2/h3-18H,19H2,1-2H3,(H2,30,34)(H2,31,35). The second-order valence-electron chi connectivity index (χ2n) is 9.26. The summed E-state index contributed by atoms with van der Waals surface area (Å²) < 4.78 is 54.0. The number of carbonyl (C=O) groups is 2. The van der Waals surface area contributed by atoms with Crippen LogP contribution in [0.1, 0.15) is 22.3 Å². The van der Waals surface area contributed by atoms with Gasteiger partial charge < -0.3 is 11.5 Å². The highest BCUT2D eigenvalue weighted by atomic mass is 32.2. The fourth-order valence-electron chi connectivity index (χ4n) is 4.39. The molecule has 0 saturated carbocycles. The predicted octanol–water partition coefficient (Wildman–Crippen LogP) is 4.44. The van der Waals surface area contributed by atoms with Gasteiger partial charge in [0, 0.05) is 0 Å². The zero-order valence-corrected chi connectivity index (χ0v) is 23.9. The first-order valence-corrected chi connectivity index (χ1v) is 15.2. The Bertz CT molecular complexity index is 1690. The van der Waals surface area contributed by atoms with E-state index in [1.165, 1.54) is 36.4 Å². The maximum Gasteiger partial charge on any atom is 0.333 e. The van der Waals surface area contributed by atoms with E-state index in [1.54, 1.807) is 74.5 Å². The van der Waals surface area contributed by atoms with Crippen molar-refractivity contribution in [3.8, 4) is 0 Å². The van der Waals surface area contributed by atoms with E-state index in [0.717, 1.165) is 11.1 Å². The number of nitrogens with zero attached hydrogens (tertiary/aromatic N) is 2. The Hall–Kier alpha value is -4.68. The van der Waals surface area contributed by atoms with Crippen LogP contribution in [0.25, 0.3) is 0 Å². The Labute approximate surface area is 238 Å². The van der Waals surface area contributed by atoms with Gasteiger partial charge in [0.25, 0.3) is 20.0 Å². The van der Waals surface area contributed by atoms with E-state index in [0.29, 0.717) is 26.2 Å². The number of benzene rings is 4. The molecule has 41 heavy (non-hydrogen) atoms. The molecule has 0 radical (unpaired) electrons. The third kappa shape index (κ3) is 5.93. The predicted molar refractivity (Wildman–Crippen MR) is 157 cm³/mol. The van der Waals surface area contributed by atoms with Crippen molar-refractivity contribution in [1.82, 2.24) is 0 Å². The fourth-order valence-corrected chi connectivity index (χ4v) is 7.51. The first kappa shape index (κ1) is 29.3. The van der Waals surface area contributed by atoms with Gasteiger partial charge in [-0.1, -0.05) is 60.7 Å². The average molecular weight is 593 g/mol. The molecule has 0 aliphatic carbocycles. The lowest BCUT2D eigenvalue weighted by Gasteiger charge is -2.22. The lowest BCUT2D eigenvalue weighted by Crippen LogP contribution is -2.41. The largest absolute Gasteiger partial charge is 0.350 e. The van der Waals surface area contributed by atoms with Crippen molar-refractivity contribution in [2.24, 2.45) is 11.5 Å². The highest BCUT2D eigenvalue weighted by Gasteiger charge is 2.31. The Kier molecular flexibility index (Phi) is 8.17. The summed E-state index contributed by atoms with van der Waals surface area (Å²) in [5, 5.41) is 0. The van der Waals surface area contributed by atoms with Gasteiger partial charge in [0.05, 0.1) is 21.2 Å². The van der Waals surface area contributed by atoms with Crippen LogP contribution in [0.4, 0.5) is 21.0 Å². The molecule has 212 valence electrons. The summed E-state index contributed by atoms with van der Waals surface area (Å²) in [5.41, 5.74) is 13.6. The number of aryl methyl sites for hydroxylation is 2. The summed E-state index contributed by atoms with van der Waals surface area (Å²) in [6.07, 6.45) is 0.392. The SMILES string of the molecule is Cc1ccccc1S(=O)(=O)N(C(N)=O)c1ccc(Cc2ccc(N(C(N)=O)S(=O)(=O)c3ccccc3C)cc2)cc1. The summed E-state index contributed by atoms with van der Waals surface area (Å²) in [5.74, 6) is 0. The molecule has 0 atom stereocenters. The number of hydrogen-bond donors (Lipinski definition) is 2. The van der Waals surface area contributed by atoms with Gasteiger partial charge >= 0.3 is 12.1 Å². The highest BCUT2D eigenvalue weighted by Crippen LogP contribution is 2.28. The molecule has 4 aromatic rings. The van der Waals surface area contributed by atoms with Gasteiger partial charge in [-0.15, -0.1) is 0 Å². The quantitative estimate of drug-likeness (QED) is 0.307. The molecule has 10 nitrogen and oxygen atoms in total. The number of nitrogens with two attached hydrogens (primary N) is 2. The van der Waals surface area contributed by atoms with Crippen LogP contribution < -0.4 is 20.1 Å². The maximum atomic E-state index is 13.2. The van der Waals surface area contributed by atoms with Gasteiger partial charge in [-0.05, 0) is 78.9 Å². The number of urea groups is 2. The van der Waals surface area contributed by atoms with Gasteiger partial charge in [0.1, 0.15) is 0 Å². The van der Waals surface area contributed by atoms with Gasteiger partial charge in [0.15, 0.2) is 0 Å².